The minimum absolute atomic E-state index is 0.0135. The summed E-state index contributed by atoms with van der Waals surface area (Å²) in [5.41, 5.74) is -5.89. The van der Waals surface area contributed by atoms with E-state index >= 15 is 0 Å². The SMILES string of the molecule is O=C(CCCCCCCCOc1cc(C(F)(F)F)cc(C(F)(F)F)c1)OCC(COC(=O)CN1CCOCC1)OC(=O)CCCCCCCCOc1ccc(C(F)(F)F)cc1C(F)(F)F. The lowest BCUT2D eigenvalue weighted by molar-refractivity contribution is -0.167. The van der Waals surface area contributed by atoms with E-state index in [1.165, 1.54) is 0 Å². The molecule has 0 amide bonds. The Balaban J connectivity index is 1.33. The van der Waals surface area contributed by atoms with E-state index in [1.54, 1.807) is 0 Å². The van der Waals surface area contributed by atoms with E-state index in [0.717, 1.165) is 0 Å². The molecule has 10 nitrogen and oxygen atoms in total. The summed E-state index contributed by atoms with van der Waals surface area (Å²) in [5, 5.41) is 0. The molecule has 1 unspecified atom stereocenters. The van der Waals surface area contributed by atoms with Crippen LogP contribution in [0.25, 0.3) is 0 Å². The number of esters is 3. The van der Waals surface area contributed by atoms with Gasteiger partial charge in [0.25, 0.3) is 0 Å². The van der Waals surface area contributed by atoms with Crippen molar-refractivity contribution >= 4 is 17.9 Å². The van der Waals surface area contributed by atoms with Gasteiger partial charge in [0.2, 0.25) is 0 Å². The molecule has 3 rings (SSSR count). The molecule has 0 aliphatic carbocycles. The van der Waals surface area contributed by atoms with E-state index in [9.17, 15) is 67.1 Å². The Morgan fingerprint density at radius 3 is 1.54 bits per heavy atom. The highest BCUT2D eigenvalue weighted by Crippen LogP contribution is 2.41. The zero-order chi connectivity index (χ0) is 48.1. The van der Waals surface area contributed by atoms with Gasteiger partial charge in [-0.15, -0.1) is 0 Å². The molecular formula is C43H53F12NO9. The molecule has 22 heteroatoms. The van der Waals surface area contributed by atoms with E-state index in [4.69, 9.17) is 28.4 Å². The van der Waals surface area contributed by atoms with Crippen molar-refractivity contribution in [3.05, 3.63) is 58.7 Å². The molecule has 1 fully saturated rings. The number of carbonyl (C=O) groups excluding carboxylic acids is 3. The molecule has 0 N–H and O–H groups in total. The van der Waals surface area contributed by atoms with Crippen molar-refractivity contribution in [2.24, 2.45) is 0 Å². The third kappa shape index (κ3) is 22.0. The summed E-state index contributed by atoms with van der Waals surface area (Å²) < 4.78 is 189. The second-order valence-corrected chi connectivity index (χ2v) is 15.3. The van der Waals surface area contributed by atoms with Crippen LogP contribution in [-0.4, -0.2) is 88.2 Å². The molecule has 65 heavy (non-hydrogen) atoms. The molecule has 0 saturated carbocycles. The van der Waals surface area contributed by atoms with Crippen LogP contribution in [0.5, 0.6) is 11.5 Å². The lowest BCUT2D eigenvalue weighted by atomic mass is 10.1. The number of hydrogen-bond donors (Lipinski definition) is 0. The molecule has 0 aromatic heterocycles. The van der Waals surface area contributed by atoms with Crippen LogP contribution in [0, 0.1) is 0 Å². The van der Waals surface area contributed by atoms with Crippen molar-refractivity contribution in [2.45, 2.75) is 121 Å². The average molecular weight is 956 g/mol. The molecule has 1 heterocycles. The number of alkyl halides is 12. The topological polar surface area (TPSA) is 110 Å². The van der Waals surface area contributed by atoms with Crippen molar-refractivity contribution in [3.8, 4) is 11.5 Å². The van der Waals surface area contributed by atoms with Crippen LogP contribution < -0.4 is 9.47 Å². The summed E-state index contributed by atoms with van der Waals surface area (Å²) in [6.07, 6.45) is -14.6. The van der Waals surface area contributed by atoms with Gasteiger partial charge in [0.15, 0.2) is 6.10 Å². The third-order valence-electron chi connectivity index (χ3n) is 9.87. The summed E-state index contributed by atoms with van der Waals surface area (Å²) in [7, 11) is 0. The first-order chi connectivity index (χ1) is 30.5. The molecule has 0 radical (unpaired) electrons. The molecule has 0 bridgehead atoms. The largest absolute Gasteiger partial charge is 0.494 e. The zero-order valence-corrected chi connectivity index (χ0v) is 35.5. The number of morpholine rings is 1. The maximum Gasteiger partial charge on any atom is 0.419 e. The van der Waals surface area contributed by atoms with Crippen LogP contribution in [0.1, 0.15) is 112 Å². The second-order valence-electron chi connectivity index (χ2n) is 15.3. The van der Waals surface area contributed by atoms with Crippen molar-refractivity contribution in [2.75, 3.05) is 59.3 Å². The van der Waals surface area contributed by atoms with Gasteiger partial charge in [-0.3, -0.25) is 19.3 Å². The number of benzene rings is 2. The monoisotopic (exact) mass is 955 g/mol. The van der Waals surface area contributed by atoms with Gasteiger partial charge in [-0.25, -0.2) is 0 Å². The minimum atomic E-state index is -5.04. The first-order valence-corrected chi connectivity index (χ1v) is 21.2. The average Bonchev–Trinajstić information content (AvgIpc) is 3.22. The summed E-state index contributed by atoms with van der Waals surface area (Å²) in [5.74, 6) is -3.04. The first kappa shape index (κ1) is 54.9. The highest BCUT2D eigenvalue weighted by molar-refractivity contribution is 5.72. The lowest BCUT2D eigenvalue weighted by Gasteiger charge is -2.25. The fourth-order valence-corrected chi connectivity index (χ4v) is 6.38. The fourth-order valence-electron chi connectivity index (χ4n) is 6.38. The van der Waals surface area contributed by atoms with Gasteiger partial charge in [-0.2, -0.15) is 52.7 Å². The predicted octanol–water partition coefficient (Wildman–Crippen LogP) is 11.0. The number of unbranched alkanes of at least 4 members (excludes halogenated alkanes) is 10. The number of carbonyl (C=O) groups is 3. The molecule has 1 aliphatic heterocycles. The minimum Gasteiger partial charge on any atom is -0.494 e. The number of halogens is 12. The number of ether oxygens (including phenoxy) is 6. The predicted molar refractivity (Wildman–Crippen MR) is 208 cm³/mol. The van der Waals surface area contributed by atoms with Crippen LogP contribution in [0.15, 0.2) is 36.4 Å². The van der Waals surface area contributed by atoms with Crippen LogP contribution >= 0.6 is 0 Å². The molecule has 2 aromatic carbocycles. The molecule has 0 spiro atoms. The summed E-state index contributed by atoms with van der Waals surface area (Å²) in [4.78, 5) is 39.5. The Morgan fingerprint density at radius 2 is 1.02 bits per heavy atom. The van der Waals surface area contributed by atoms with Gasteiger partial charge in [-0.05, 0) is 62.1 Å². The molecule has 1 aliphatic rings. The quantitative estimate of drug-likeness (QED) is 0.0372. The zero-order valence-electron chi connectivity index (χ0n) is 35.5. The van der Waals surface area contributed by atoms with Gasteiger partial charge in [0, 0.05) is 25.9 Å². The van der Waals surface area contributed by atoms with Gasteiger partial charge >= 0.3 is 42.6 Å². The van der Waals surface area contributed by atoms with Crippen LogP contribution in [-0.2, 0) is 58.0 Å². The van der Waals surface area contributed by atoms with E-state index in [0.29, 0.717) is 128 Å². The maximum atomic E-state index is 13.3. The first-order valence-electron chi connectivity index (χ1n) is 21.2. The van der Waals surface area contributed by atoms with Crippen LogP contribution in [0.3, 0.4) is 0 Å². The van der Waals surface area contributed by atoms with Gasteiger partial charge < -0.3 is 28.4 Å². The highest BCUT2D eigenvalue weighted by Gasteiger charge is 2.39. The van der Waals surface area contributed by atoms with Gasteiger partial charge in [-0.1, -0.05) is 51.4 Å². The highest BCUT2D eigenvalue weighted by atomic mass is 19.4. The van der Waals surface area contributed by atoms with Crippen LogP contribution in [0.4, 0.5) is 52.7 Å². The molecule has 1 atom stereocenters. The molecule has 2 aromatic rings. The number of hydrogen-bond acceptors (Lipinski definition) is 10. The fraction of sp³-hybridized carbons (Fsp3) is 0.651. The van der Waals surface area contributed by atoms with Crippen molar-refractivity contribution < 1.29 is 95.5 Å². The van der Waals surface area contributed by atoms with E-state index in [2.05, 4.69) is 0 Å². The summed E-state index contributed by atoms with van der Waals surface area (Å²) >= 11 is 0. The normalized spacial score (nSPS) is 14.5. The van der Waals surface area contributed by atoms with E-state index < -0.39 is 82.5 Å². The van der Waals surface area contributed by atoms with Crippen LogP contribution in [0.2, 0.25) is 0 Å². The Labute approximate surface area is 368 Å². The van der Waals surface area contributed by atoms with E-state index in [1.807, 2.05) is 4.90 Å². The van der Waals surface area contributed by atoms with Crippen molar-refractivity contribution in [3.63, 3.8) is 0 Å². The Hall–Kier alpha value is -4.47. The number of nitrogens with zero attached hydrogens (tertiary/aromatic N) is 1. The number of rotatable bonds is 27. The Bertz CT molecular complexity index is 1730. The smallest absolute Gasteiger partial charge is 0.419 e. The van der Waals surface area contributed by atoms with Crippen molar-refractivity contribution in [1.29, 1.82) is 0 Å². The Morgan fingerprint density at radius 1 is 0.538 bits per heavy atom. The Kier molecular flexibility index (Phi) is 22.5. The van der Waals surface area contributed by atoms with Gasteiger partial charge in [0.1, 0.15) is 24.7 Å². The standard InChI is InChI=1S/C43H53F12NO9/c44-40(45,46)30-15-16-36(35(26-30)43(53,54)55)62-20-12-8-4-2-6-10-14-38(58)65-34(29-64-39(59)27-56-17-21-60-22-18-56)28-63-37(57)13-9-5-1-3-7-11-19-61-33-24-31(41(47,48)49)23-32(25-33)42(50,51)52/h15-16,23-26,34H,1-14,17-22,27-29H2. The maximum absolute atomic E-state index is 13.3. The molecule has 368 valence electrons. The lowest BCUT2D eigenvalue weighted by Crippen LogP contribution is -2.41. The van der Waals surface area contributed by atoms with Gasteiger partial charge in [0.05, 0.1) is 55.2 Å². The summed E-state index contributed by atoms with van der Waals surface area (Å²) in [6.45, 7) is 0.929. The molecule has 1 saturated heterocycles. The van der Waals surface area contributed by atoms with E-state index in [-0.39, 0.29) is 57.9 Å². The second kappa shape index (κ2) is 26.6. The summed E-state index contributed by atoms with van der Waals surface area (Å²) in [6, 6.07) is 2.24. The van der Waals surface area contributed by atoms with Crippen molar-refractivity contribution in [1.82, 2.24) is 4.90 Å². The third-order valence-corrected chi connectivity index (χ3v) is 9.87. The molecular weight excluding hydrogens is 902 g/mol.